The molecule has 0 saturated carbocycles. The second-order valence-corrected chi connectivity index (χ2v) is 5.47. The van der Waals surface area contributed by atoms with E-state index in [0.717, 1.165) is 41.6 Å². The Bertz CT molecular complexity index is 351. The SMILES string of the molecule is CCCNCCCCNC(=O)c1ccc(I)cc1. The van der Waals surface area contributed by atoms with Gasteiger partial charge >= 0.3 is 0 Å². The summed E-state index contributed by atoms with van der Waals surface area (Å²) < 4.78 is 1.14. The average molecular weight is 360 g/mol. The van der Waals surface area contributed by atoms with E-state index in [1.807, 2.05) is 24.3 Å². The third-order valence-corrected chi connectivity index (χ3v) is 3.32. The van der Waals surface area contributed by atoms with E-state index in [1.165, 1.54) is 6.42 Å². The van der Waals surface area contributed by atoms with E-state index in [9.17, 15) is 4.79 Å². The molecule has 3 nitrogen and oxygen atoms in total. The fraction of sp³-hybridized carbons (Fsp3) is 0.500. The summed E-state index contributed by atoms with van der Waals surface area (Å²) >= 11 is 2.23. The Labute approximate surface area is 123 Å². The lowest BCUT2D eigenvalue weighted by Gasteiger charge is -2.06. The molecule has 0 unspecified atom stereocenters. The fourth-order valence-electron chi connectivity index (χ4n) is 1.58. The zero-order chi connectivity index (χ0) is 13.2. The molecule has 0 aromatic heterocycles. The maximum absolute atomic E-state index is 11.8. The van der Waals surface area contributed by atoms with Crippen molar-refractivity contribution in [3.8, 4) is 0 Å². The minimum absolute atomic E-state index is 0.0212. The summed E-state index contributed by atoms with van der Waals surface area (Å²) in [4.78, 5) is 11.8. The van der Waals surface area contributed by atoms with Gasteiger partial charge in [0.2, 0.25) is 0 Å². The summed E-state index contributed by atoms with van der Waals surface area (Å²) in [6.45, 7) is 5.02. The van der Waals surface area contributed by atoms with Crippen molar-refractivity contribution < 1.29 is 4.79 Å². The quantitative estimate of drug-likeness (QED) is 0.553. The highest BCUT2D eigenvalue weighted by molar-refractivity contribution is 14.1. The molecule has 0 bridgehead atoms. The van der Waals surface area contributed by atoms with Crippen molar-refractivity contribution in [1.29, 1.82) is 0 Å². The second-order valence-electron chi connectivity index (χ2n) is 4.22. The molecule has 18 heavy (non-hydrogen) atoms. The molecular weight excluding hydrogens is 339 g/mol. The number of nitrogens with one attached hydrogen (secondary N) is 2. The predicted octanol–water partition coefficient (Wildman–Crippen LogP) is 2.80. The van der Waals surface area contributed by atoms with Crippen LogP contribution in [0.3, 0.4) is 0 Å². The first-order chi connectivity index (χ1) is 8.74. The first kappa shape index (κ1) is 15.4. The summed E-state index contributed by atoms with van der Waals surface area (Å²) in [6, 6.07) is 7.62. The number of hydrogen-bond donors (Lipinski definition) is 2. The van der Waals surface area contributed by atoms with Crippen molar-refractivity contribution in [2.45, 2.75) is 26.2 Å². The first-order valence-electron chi connectivity index (χ1n) is 6.48. The van der Waals surface area contributed by atoms with Crippen LogP contribution in [-0.4, -0.2) is 25.5 Å². The first-order valence-corrected chi connectivity index (χ1v) is 7.56. The van der Waals surface area contributed by atoms with Crippen LogP contribution in [0.15, 0.2) is 24.3 Å². The van der Waals surface area contributed by atoms with Crippen LogP contribution in [0.4, 0.5) is 0 Å². The van der Waals surface area contributed by atoms with Crippen molar-refractivity contribution in [2.75, 3.05) is 19.6 Å². The lowest BCUT2D eigenvalue weighted by atomic mass is 10.2. The highest BCUT2D eigenvalue weighted by atomic mass is 127. The van der Waals surface area contributed by atoms with Crippen LogP contribution in [-0.2, 0) is 0 Å². The molecule has 0 spiro atoms. The monoisotopic (exact) mass is 360 g/mol. The summed E-state index contributed by atoms with van der Waals surface area (Å²) in [7, 11) is 0. The van der Waals surface area contributed by atoms with Crippen molar-refractivity contribution in [2.24, 2.45) is 0 Å². The fourth-order valence-corrected chi connectivity index (χ4v) is 1.94. The van der Waals surface area contributed by atoms with Crippen molar-refractivity contribution >= 4 is 28.5 Å². The van der Waals surface area contributed by atoms with Gasteiger partial charge in [-0.15, -0.1) is 0 Å². The highest BCUT2D eigenvalue weighted by Gasteiger charge is 2.03. The van der Waals surface area contributed by atoms with Gasteiger partial charge in [-0.1, -0.05) is 6.92 Å². The summed E-state index contributed by atoms with van der Waals surface area (Å²) in [5.74, 6) is 0.0212. The molecule has 1 rings (SSSR count). The van der Waals surface area contributed by atoms with Gasteiger partial charge in [0.1, 0.15) is 0 Å². The maximum Gasteiger partial charge on any atom is 0.251 e. The summed E-state index contributed by atoms with van der Waals surface area (Å²) in [6.07, 6.45) is 3.29. The Balaban J connectivity index is 2.12. The van der Waals surface area contributed by atoms with Crippen molar-refractivity contribution in [3.63, 3.8) is 0 Å². The summed E-state index contributed by atoms with van der Waals surface area (Å²) in [5, 5.41) is 6.29. The number of halogens is 1. The van der Waals surface area contributed by atoms with Gasteiger partial charge < -0.3 is 10.6 Å². The minimum atomic E-state index is 0.0212. The summed E-state index contributed by atoms with van der Waals surface area (Å²) in [5.41, 5.74) is 0.736. The maximum atomic E-state index is 11.8. The van der Waals surface area contributed by atoms with Crippen LogP contribution >= 0.6 is 22.6 Å². The van der Waals surface area contributed by atoms with Crippen LogP contribution in [0.2, 0.25) is 0 Å². The number of carbonyl (C=O) groups is 1. The van der Waals surface area contributed by atoms with E-state index < -0.39 is 0 Å². The molecule has 100 valence electrons. The molecular formula is C14H21IN2O. The molecule has 2 N–H and O–H groups in total. The van der Waals surface area contributed by atoms with Crippen LogP contribution < -0.4 is 10.6 Å². The smallest absolute Gasteiger partial charge is 0.251 e. The Morgan fingerprint density at radius 3 is 2.44 bits per heavy atom. The Morgan fingerprint density at radius 2 is 1.78 bits per heavy atom. The molecule has 0 aliphatic carbocycles. The van der Waals surface area contributed by atoms with Crippen molar-refractivity contribution in [1.82, 2.24) is 10.6 Å². The Hall–Kier alpha value is -0.620. The van der Waals surface area contributed by atoms with Crippen LogP contribution in [0.5, 0.6) is 0 Å². The molecule has 1 amide bonds. The number of amides is 1. The van der Waals surface area contributed by atoms with E-state index in [4.69, 9.17) is 0 Å². The van der Waals surface area contributed by atoms with Crippen LogP contribution in [0.25, 0.3) is 0 Å². The molecule has 0 atom stereocenters. The van der Waals surface area contributed by atoms with Gasteiger partial charge in [0, 0.05) is 15.7 Å². The van der Waals surface area contributed by atoms with E-state index in [0.29, 0.717) is 0 Å². The zero-order valence-corrected chi connectivity index (χ0v) is 13.0. The van der Waals surface area contributed by atoms with Gasteiger partial charge in [-0.2, -0.15) is 0 Å². The zero-order valence-electron chi connectivity index (χ0n) is 10.8. The normalized spacial score (nSPS) is 10.3. The van der Waals surface area contributed by atoms with Crippen LogP contribution in [0.1, 0.15) is 36.5 Å². The minimum Gasteiger partial charge on any atom is -0.352 e. The number of benzene rings is 1. The Kier molecular flexibility index (Phi) is 8.00. The van der Waals surface area contributed by atoms with E-state index in [1.54, 1.807) is 0 Å². The third kappa shape index (κ3) is 6.35. The van der Waals surface area contributed by atoms with Gasteiger partial charge in [0.25, 0.3) is 5.91 Å². The molecule has 0 radical (unpaired) electrons. The lowest BCUT2D eigenvalue weighted by molar-refractivity contribution is 0.0953. The number of carbonyl (C=O) groups excluding carboxylic acids is 1. The van der Waals surface area contributed by atoms with Gasteiger partial charge in [0.05, 0.1) is 0 Å². The second kappa shape index (κ2) is 9.33. The molecule has 0 aliphatic rings. The van der Waals surface area contributed by atoms with E-state index in [2.05, 4.69) is 40.1 Å². The van der Waals surface area contributed by atoms with Crippen LogP contribution in [0, 0.1) is 3.57 Å². The number of rotatable bonds is 8. The molecule has 0 aliphatic heterocycles. The number of hydrogen-bond acceptors (Lipinski definition) is 2. The molecule has 0 fully saturated rings. The van der Waals surface area contributed by atoms with Gasteiger partial charge in [-0.3, -0.25) is 4.79 Å². The van der Waals surface area contributed by atoms with Gasteiger partial charge in [-0.05, 0) is 79.2 Å². The standard InChI is InChI=1S/C14H21IN2O/c1-2-9-16-10-3-4-11-17-14(18)12-5-7-13(15)8-6-12/h5-8,16H,2-4,9-11H2,1H3,(H,17,18). The molecule has 1 aromatic rings. The highest BCUT2D eigenvalue weighted by Crippen LogP contribution is 2.06. The number of unbranched alkanes of at least 4 members (excludes halogenated alkanes) is 1. The topological polar surface area (TPSA) is 41.1 Å². The average Bonchev–Trinajstić information content (AvgIpc) is 2.38. The largest absolute Gasteiger partial charge is 0.352 e. The van der Waals surface area contributed by atoms with Gasteiger partial charge in [0.15, 0.2) is 0 Å². The van der Waals surface area contributed by atoms with Crippen molar-refractivity contribution in [3.05, 3.63) is 33.4 Å². The molecule has 4 heteroatoms. The van der Waals surface area contributed by atoms with Gasteiger partial charge in [-0.25, -0.2) is 0 Å². The van der Waals surface area contributed by atoms with E-state index in [-0.39, 0.29) is 5.91 Å². The Morgan fingerprint density at radius 1 is 1.11 bits per heavy atom. The third-order valence-electron chi connectivity index (χ3n) is 2.60. The molecule has 1 aromatic carbocycles. The molecule has 0 saturated heterocycles. The van der Waals surface area contributed by atoms with E-state index >= 15 is 0 Å². The lowest BCUT2D eigenvalue weighted by Crippen LogP contribution is -2.25. The predicted molar refractivity (Wildman–Crippen MR) is 83.9 cm³/mol. The molecule has 0 heterocycles.